The molecule has 1 rings (SSSR count). The summed E-state index contributed by atoms with van der Waals surface area (Å²) in [6, 6.07) is 2.03. The van der Waals surface area contributed by atoms with E-state index in [2.05, 4.69) is 0 Å². The molecule has 0 aromatic rings. The smallest absolute Gasteiger partial charge is 0.150 e. The average molecular weight is 147 g/mol. The molecule has 56 valence electrons. The molecule has 0 saturated heterocycles. The number of aldehydes is 1. The zero-order valence-corrected chi connectivity index (χ0v) is 6.21. The van der Waals surface area contributed by atoms with Gasteiger partial charge in [-0.1, -0.05) is 12.2 Å². The van der Waals surface area contributed by atoms with Crippen molar-refractivity contribution in [2.24, 2.45) is 0 Å². The van der Waals surface area contributed by atoms with E-state index in [9.17, 15) is 4.79 Å². The van der Waals surface area contributed by atoms with Gasteiger partial charge in [0.05, 0.1) is 12.5 Å². The fourth-order valence-corrected chi connectivity index (χ4v) is 1.13. The summed E-state index contributed by atoms with van der Waals surface area (Å²) in [5.41, 5.74) is 1.58. The van der Waals surface area contributed by atoms with E-state index in [4.69, 9.17) is 5.26 Å². The minimum absolute atomic E-state index is 0.352. The van der Waals surface area contributed by atoms with E-state index in [-0.39, 0.29) is 0 Å². The van der Waals surface area contributed by atoms with Crippen LogP contribution in [-0.2, 0) is 4.79 Å². The van der Waals surface area contributed by atoms with E-state index < -0.39 is 0 Å². The first kappa shape index (κ1) is 7.74. The Balaban J connectivity index is 2.76. The van der Waals surface area contributed by atoms with Crippen LogP contribution in [-0.4, -0.2) is 6.29 Å². The maximum absolute atomic E-state index is 10.4. The van der Waals surface area contributed by atoms with E-state index in [0.717, 1.165) is 24.7 Å². The van der Waals surface area contributed by atoms with E-state index in [1.165, 1.54) is 0 Å². The molecule has 1 aliphatic carbocycles. The van der Waals surface area contributed by atoms with Crippen LogP contribution in [0, 0.1) is 11.3 Å². The molecule has 0 bridgehead atoms. The van der Waals surface area contributed by atoms with E-state index in [1.807, 2.05) is 18.2 Å². The van der Waals surface area contributed by atoms with Gasteiger partial charge in [0.15, 0.2) is 0 Å². The van der Waals surface area contributed by atoms with Crippen molar-refractivity contribution >= 4 is 6.29 Å². The molecular weight excluding hydrogens is 138 g/mol. The summed E-state index contributed by atoms with van der Waals surface area (Å²) in [4.78, 5) is 10.4. The highest BCUT2D eigenvalue weighted by Crippen LogP contribution is 2.19. The molecule has 0 aliphatic heterocycles. The van der Waals surface area contributed by atoms with E-state index in [1.54, 1.807) is 0 Å². The molecule has 0 atom stereocenters. The first-order valence-corrected chi connectivity index (χ1v) is 3.60. The molecule has 0 radical (unpaired) electrons. The van der Waals surface area contributed by atoms with Crippen molar-refractivity contribution in [3.8, 4) is 6.07 Å². The fourth-order valence-electron chi connectivity index (χ4n) is 1.13. The lowest BCUT2D eigenvalue weighted by atomic mass is 9.97. The molecule has 0 heterocycles. The predicted molar refractivity (Wildman–Crippen MR) is 41.7 cm³/mol. The van der Waals surface area contributed by atoms with E-state index in [0.29, 0.717) is 12.0 Å². The molecule has 0 unspecified atom stereocenters. The molecule has 0 N–H and O–H groups in total. The van der Waals surface area contributed by atoms with Gasteiger partial charge < -0.3 is 0 Å². The number of rotatable bonds is 2. The fraction of sp³-hybridized carbons (Fsp3) is 0.333. The predicted octanol–water partition coefficient (Wildman–Crippen LogP) is 1.75. The lowest BCUT2D eigenvalue weighted by molar-refractivity contribution is -0.104. The zero-order chi connectivity index (χ0) is 8.10. The van der Waals surface area contributed by atoms with Crippen LogP contribution in [0.2, 0.25) is 0 Å². The molecule has 1 aliphatic rings. The van der Waals surface area contributed by atoms with Gasteiger partial charge in [0.25, 0.3) is 0 Å². The van der Waals surface area contributed by atoms with Gasteiger partial charge in [-0.15, -0.1) is 0 Å². The third-order valence-corrected chi connectivity index (χ3v) is 1.69. The Morgan fingerprint density at radius 1 is 1.55 bits per heavy atom. The van der Waals surface area contributed by atoms with E-state index >= 15 is 0 Å². The number of nitrogens with zero attached hydrogens (tertiary/aromatic N) is 1. The standard InChI is InChI=1S/C9H9NO/c10-6-5-8-3-1-2-4-9(8)7-11/h3-4,7H,1-2,5H2. The highest BCUT2D eigenvalue weighted by molar-refractivity contribution is 5.80. The summed E-state index contributed by atoms with van der Waals surface area (Å²) >= 11 is 0. The summed E-state index contributed by atoms with van der Waals surface area (Å²) in [6.07, 6.45) is 6.90. The van der Waals surface area contributed by atoms with Crippen molar-refractivity contribution in [2.75, 3.05) is 0 Å². The molecule has 0 fully saturated rings. The number of nitriles is 1. The SMILES string of the molecule is N#CCC1=CCCC=C1C=O. The van der Waals surface area contributed by atoms with Crippen molar-refractivity contribution in [1.29, 1.82) is 5.26 Å². The van der Waals surface area contributed by atoms with Gasteiger partial charge in [0.2, 0.25) is 0 Å². The minimum Gasteiger partial charge on any atom is -0.298 e. The third kappa shape index (κ3) is 1.78. The van der Waals surface area contributed by atoms with Gasteiger partial charge >= 0.3 is 0 Å². The number of hydrogen-bond acceptors (Lipinski definition) is 2. The second-order valence-corrected chi connectivity index (χ2v) is 2.42. The van der Waals surface area contributed by atoms with Crippen molar-refractivity contribution in [3.63, 3.8) is 0 Å². The summed E-state index contributed by atoms with van der Waals surface area (Å²) in [7, 11) is 0. The summed E-state index contributed by atoms with van der Waals surface area (Å²) in [5, 5.41) is 8.40. The van der Waals surface area contributed by atoms with Gasteiger partial charge in [0.1, 0.15) is 6.29 Å². The maximum atomic E-state index is 10.4. The highest BCUT2D eigenvalue weighted by Gasteiger charge is 2.06. The van der Waals surface area contributed by atoms with Crippen molar-refractivity contribution in [2.45, 2.75) is 19.3 Å². The number of allylic oxidation sites excluding steroid dienone is 4. The number of hydrogen-bond donors (Lipinski definition) is 0. The lowest BCUT2D eigenvalue weighted by Gasteiger charge is -2.06. The third-order valence-electron chi connectivity index (χ3n) is 1.69. The summed E-state index contributed by atoms with van der Waals surface area (Å²) in [6.45, 7) is 0. The molecule has 0 amide bonds. The van der Waals surface area contributed by atoms with Crippen molar-refractivity contribution < 1.29 is 4.79 Å². The van der Waals surface area contributed by atoms with Gasteiger partial charge in [-0.25, -0.2) is 0 Å². The first-order valence-electron chi connectivity index (χ1n) is 3.60. The van der Waals surface area contributed by atoms with Crippen LogP contribution in [0.15, 0.2) is 23.3 Å². The average Bonchev–Trinajstić information content (AvgIpc) is 2.06. The summed E-state index contributed by atoms with van der Waals surface area (Å²) in [5.74, 6) is 0. The topological polar surface area (TPSA) is 40.9 Å². The zero-order valence-electron chi connectivity index (χ0n) is 6.21. The maximum Gasteiger partial charge on any atom is 0.150 e. The second kappa shape index (κ2) is 3.72. The van der Waals surface area contributed by atoms with Crippen LogP contribution in [0.5, 0.6) is 0 Å². The van der Waals surface area contributed by atoms with Crippen LogP contribution in [0.3, 0.4) is 0 Å². The van der Waals surface area contributed by atoms with Crippen LogP contribution in [0.1, 0.15) is 19.3 Å². The van der Waals surface area contributed by atoms with Gasteiger partial charge in [-0.05, 0) is 18.4 Å². The van der Waals surface area contributed by atoms with Crippen LogP contribution >= 0.6 is 0 Å². The summed E-state index contributed by atoms with van der Waals surface area (Å²) < 4.78 is 0. The molecule has 11 heavy (non-hydrogen) atoms. The van der Waals surface area contributed by atoms with Crippen LogP contribution in [0.25, 0.3) is 0 Å². The van der Waals surface area contributed by atoms with Crippen LogP contribution in [0.4, 0.5) is 0 Å². The molecule has 0 aromatic heterocycles. The molecule has 0 saturated carbocycles. The quantitative estimate of drug-likeness (QED) is 0.558. The van der Waals surface area contributed by atoms with Gasteiger partial charge in [0, 0.05) is 5.57 Å². The largest absolute Gasteiger partial charge is 0.298 e. The Bertz CT molecular complexity index is 255. The van der Waals surface area contributed by atoms with Crippen molar-refractivity contribution in [3.05, 3.63) is 23.3 Å². The van der Waals surface area contributed by atoms with Crippen molar-refractivity contribution in [1.82, 2.24) is 0 Å². The van der Waals surface area contributed by atoms with Gasteiger partial charge in [-0.3, -0.25) is 4.79 Å². The molecule has 0 spiro atoms. The monoisotopic (exact) mass is 147 g/mol. The normalized spacial score (nSPS) is 16.3. The Labute approximate surface area is 65.8 Å². The Morgan fingerprint density at radius 2 is 2.27 bits per heavy atom. The number of carbonyl (C=O) groups excluding carboxylic acids is 1. The second-order valence-electron chi connectivity index (χ2n) is 2.42. The number of carbonyl (C=O) groups is 1. The molecule has 0 aromatic carbocycles. The van der Waals surface area contributed by atoms with Crippen LogP contribution < -0.4 is 0 Å². The Kier molecular flexibility index (Phi) is 2.62. The van der Waals surface area contributed by atoms with Gasteiger partial charge in [-0.2, -0.15) is 5.26 Å². The first-order chi connectivity index (χ1) is 5.38. The Morgan fingerprint density at radius 3 is 2.91 bits per heavy atom. The minimum atomic E-state index is 0.352. The molecule has 2 nitrogen and oxygen atoms in total. The highest BCUT2D eigenvalue weighted by atomic mass is 16.1. The lowest BCUT2D eigenvalue weighted by Crippen LogP contribution is -1.95. The molecular formula is C9H9NO. The molecule has 2 heteroatoms. The Hall–Kier alpha value is -1.36.